The molecule has 1 aromatic heterocycles. The van der Waals surface area contributed by atoms with Crippen molar-refractivity contribution in [2.75, 3.05) is 5.75 Å². The topological polar surface area (TPSA) is 187 Å². The van der Waals surface area contributed by atoms with E-state index in [1.165, 1.54) is 12.1 Å². The highest BCUT2D eigenvalue weighted by molar-refractivity contribution is 7.80. The number of nitrogens with two attached hydrogens (primary N) is 1. The summed E-state index contributed by atoms with van der Waals surface area (Å²) in [5, 5.41) is 27.8. The number of fused-ring (bicyclic) bond motifs is 1. The molecule has 3 aromatic rings. The molecule has 12 heteroatoms. The maximum Gasteiger partial charge on any atom is 0.326 e. The Kier molecular flexibility index (Phi) is 11.2. The van der Waals surface area contributed by atoms with E-state index in [0.29, 0.717) is 5.56 Å². The van der Waals surface area contributed by atoms with Crippen molar-refractivity contribution in [2.45, 2.75) is 57.3 Å². The van der Waals surface area contributed by atoms with Crippen molar-refractivity contribution < 1.29 is 29.4 Å². The number of rotatable bonds is 14. The van der Waals surface area contributed by atoms with Crippen molar-refractivity contribution in [3.8, 4) is 5.75 Å². The number of H-pyrrole nitrogens is 1. The molecule has 4 unspecified atom stereocenters. The number of aromatic hydroxyl groups is 1. The molecule has 2 aromatic carbocycles. The third-order valence-electron chi connectivity index (χ3n) is 6.60. The normalized spacial score (nSPS) is 14.2. The highest BCUT2D eigenvalue weighted by Gasteiger charge is 2.30. The lowest BCUT2D eigenvalue weighted by Crippen LogP contribution is -2.58. The molecule has 0 saturated heterocycles. The van der Waals surface area contributed by atoms with Crippen LogP contribution in [0.5, 0.6) is 5.75 Å². The number of carboxylic acids is 1. The number of aromatic nitrogens is 1. The number of carbonyl (C=O) groups is 4. The van der Waals surface area contributed by atoms with E-state index in [9.17, 15) is 29.4 Å². The number of aromatic amines is 1. The van der Waals surface area contributed by atoms with E-state index in [-0.39, 0.29) is 36.7 Å². The van der Waals surface area contributed by atoms with Gasteiger partial charge in [-0.05, 0) is 48.1 Å². The van der Waals surface area contributed by atoms with Gasteiger partial charge in [-0.15, -0.1) is 0 Å². The summed E-state index contributed by atoms with van der Waals surface area (Å²) in [6.45, 7) is 3.67. The minimum absolute atomic E-state index is 0.0128. The van der Waals surface area contributed by atoms with E-state index >= 15 is 0 Å². The predicted molar refractivity (Wildman–Crippen MR) is 159 cm³/mol. The number of aliphatic carboxylic acids is 1. The van der Waals surface area contributed by atoms with Crippen molar-refractivity contribution in [1.82, 2.24) is 20.9 Å². The molecular weight excluding hydrogens is 546 g/mol. The predicted octanol–water partition coefficient (Wildman–Crippen LogP) is 1.50. The largest absolute Gasteiger partial charge is 0.508 e. The molecule has 11 nitrogen and oxygen atoms in total. The Morgan fingerprint density at radius 3 is 2.12 bits per heavy atom. The van der Waals surface area contributed by atoms with Crippen molar-refractivity contribution in [2.24, 2.45) is 11.7 Å². The number of phenolic OH excluding ortho intramolecular Hbond substituents is 1. The average molecular weight is 584 g/mol. The molecule has 3 rings (SSSR count). The van der Waals surface area contributed by atoms with E-state index in [2.05, 4.69) is 33.6 Å². The average Bonchev–Trinajstić information content (AvgIpc) is 3.34. The zero-order valence-corrected chi connectivity index (χ0v) is 23.9. The van der Waals surface area contributed by atoms with Gasteiger partial charge in [0.15, 0.2) is 0 Å². The molecule has 1 heterocycles. The molecule has 8 N–H and O–H groups in total. The molecule has 4 atom stereocenters. The molecule has 3 amide bonds. The number of para-hydroxylation sites is 1. The van der Waals surface area contributed by atoms with Crippen molar-refractivity contribution in [1.29, 1.82) is 0 Å². The number of carbonyl (C=O) groups excluding carboxylic acids is 3. The van der Waals surface area contributed by atoms with Crippen LogP contribution in [0.1, 0.15) is 31.4 Å². The van der Waals surface area contributed by atoms with Crippen LogP contribution in [0.15, 0.2) is 54.7 Å². The van der Waals surface area contributed by atoms with Crippen molar-refractivity contribution in [3.63, 3.8) is 0 Å². The van der Waals surface area contributed by atoms with Crippen LogP contribution in [-0.4, -0.2) is 68.8 Å². The van der Waals surface area contributed by atoms with Crippen LogP contribution in [0, 0.1) is 5.92 Å². The summed E-state index contributed by atoms with van der Waals surface area (Å²) in [7, 11) is 0. The lowest BCUT2D eigenvalue weighted by atomic mass is 10.0. The van der Waals surface area contributed by atoms with Crippen molar-refractivity contribution in [3.05, 3.63) is 65.9 Å². The van der Waals surface area contributed by atoms with Crippen LogP contribution < -0.4 is 21.7 Å². The quantitative estimate of drug-likeness (QED) is 0.132. The van der Waals surface area contributed by atoms with Crippen LogP contribution in [0.2, 0.25) is 0 Å². The molecule has 0 aliphatic heterocycles. The van der Waals surface area contributed by atoms with E-state index < -0.39 is 47.9 Å². The monoisotopic (exact) mass is 583 g/mol. The van der Waals surface area contributed by atoms with Gasteiger partial charge in [-0.2, -0.15) is 12.6 Å². The van der Waals surface area contributed by atoms with Gasteiger partial charge in [-0.25, -0.2) is 4.79 Å². The second-order valence-corrected chi connectivity index (χ2v) is 10.7. The number of phenols is 1. The Bertz CT molecular complexity index is 1360. The van der Waals surface area contributed by atoms with Gasteiger partial charge in [0.1, 0.15) is 23.9 Å². The minimum atomic E-state index is -1.18. The Morgan fingerprint density at radius 2 is 1.49 bits per heavy atom. The molecule has 0 aliphatic rings. The SMILES string of the molecule is CC(C)CC(NC(=O)C(CS)NC(=O)C(Cc1ccc(O)cc1)NC(=O)C(N)Cc1c[nH]c2ccccc12)C(=O)O. The number of carboxylic acid groups (broad SMARTS) is 1. The fourth-order valence-electron chi connectivity index (χ4n) is 4.42. The summed E-state index contributed by atoms with van der Waals surface area (Å²) in [5.41, 5.74) is 8.64. The maximum atomic E-state index is 13.4. The second-order valence-electron chi connectivity index (χ2n) is 10.4. The van der Waals surface area contributed by atoms with Crippen LogP contribution >= 0.6 is 12.6 Å². The maximum absolute atomic E-state index is 13.4. The molecule has 0 fully saturated rings. The summed E-state index contributed by atoms with van der Waals surface area (Å²) in [6.07, 6.45) is 2.27. The van der Waals surface area contributed by atoms with Gasteiger partial charge in [0.2, 0.25) is 17.7 Å². The molecule has 0 radical (unpaired) electrons. The fraction of sp³-hybridized carbons (Fsp3) is 0.379. The number of amides is 3. The van der Waals surface area contributed by atoms with Gasteiger partial charge in [0.25, 0.3) is 0 Å². The number of thiol groups is 1. The Labute approximate surface area is 243 Å². The molecule has 41 heavy (non-hydrogen) atoms. The molecule has 0 bridgehead atoms. The lowest BCUT2D eigenvalue weighted by Gasteiger charge is -2.25. The summed E-state index contributed by atoms with van der Waals surface area (Å²) in [4.78, 5) is 54.2. The molecular formula is C29H37N5O6S. The first-order valence-corrected chi connectivity index (χ1v) is 13.9. The van der Waals surface area contributed by atoms with Gasteiger partial charge >= 0.3 is 5.97 Å². The summed E-state index contributed by atoms with van der Waals surface area (Å²) < 4.78 is 0. The third-order valence-corrected chi connectivity index (χ3v) is 6.96. The Morgan fingerprint density at radius 1 is 0.878 bits per heavy atom. The molecule has 0 spiro atoms. The molecule has 0 saturated carbocycles. The van der Waals surface area contributed by atoms with Crippen molar-refractivity contribution >= 4 is 47.2 Å². The standard InChI is InChI=1S/C29H37N5O6S/c1-16(2)11-24(29(39)40)33-28(38)25(15-41)34-27(37)23(12-17-7-9-19(35)10-8-17)32-26(36)21(30)13-18-14-31-22-6-4-3-5-20(18)22/h3-10,14,16,21,23-25,31,35,41H,11-13,15,30H2,1-2H3,(H,32,36)(H,33,38)(H,34,37)(H,39,40). The fourth-order valence-corrected chi connectivity index (χ4v) is 4.67. The van der Waals surface area contributed by atoms with Gasteiger partial charge in [0.05, 0.1) is 6.04 Å². The summed E-state index contributed by atoms with van der Waals surface area (Å²) >= 11 is 4.17. The summed E-state index contributed by atoms with van der Waals surface area (Å²) in [6, 6.07) is 9.38. The molecule has 0 aliphatic carbocycles. The zero-order valence-electron chi connectivity index (χ0n) is 23.0. The lowest BCUT2D eigenvalue weighted by molar-refractivity contribution is -0.142. The number of hydrogen-bond acceptors (Lipinski definition) is 7. The first kappa shape index (κ1) is 31.5. The Balaban J connectivity index is 1.74. The smallest absolute Gasteiger partial charge is 0.326 e. The third kappa shape index (κ3) is 8.98. The number of nitrogens with one attached hydrogen (secondary N) is 4. The van der Waals surface area contributed by atoms with E-state index in [1.807, 2.05) is 38.1 Å². The first-order chi connectivity index (χ1) is 19.5. The second kappa shape index (κ2) is 14.6. The van der Waals surface area contributed by atoms with Gasteiger partial charge in [-0.3, -0.25) is 14.4 Å². The van der Waals surface area contributed by atoms with E-state index in [4.69, 9.17) is 5.73 Å². The van der Waals surface area contributed by atoms with E-state index in [0.717, 1.165) is 16.5 Å². The first-order valence-electron chi connectivity index (χ1n) is 13.3. The zero-order chi connectivity index (χ0) is 30.1. The highest BCUT2D eigenvalue weighted by atomic mass is 32.1. The highest BCUT2D eigenvalue weighted by Crippen LogP contribution is 2.19. The van der Waals surface area contributed by atoms with Crippen LogP contribution in [-0.2, 0) is 32.0 Å². The number of benzene rings is 2. The minimum Gasteiger partial charge on any atom is -0.508 e. The molecule has 220 valence electrons. The van der Waals surface area contributed by atoms with E-state index in [1.54, 1.807) is 18.3 Å². The van der Waals surface area contributed by atoms with Gasteiger partial charge in [-0.1, -0.05) is 44.2 Å². The van der Waals surface area contributed by atoms with Crippen LogP contribution in [0.25, 0.3) is 10.9 Å². The van der Waals surface area contributed by atoms with Crippen LogP contribution in [0.4, 0.5) is 0 Å². The Hall–Kier alpha value is -4.03. The van der Waals surface area contributed by atoms with Gasteiger partial charge < -0.3 is 36.9 Å². The summed E-state index contributed by atoms with van der Waals surface area (Å²) in [5.74, 6) is -3.17. The van der Waals surface area contributed by atoms with Gasteiger partial charge in [0, 0.05) is 29.3 Å². The van der Waals surface area contributed by atoms with Crippen LogP contribution in [0.3, 0.4) is 0 Å². The number of hydrogen-bond donors (Lipinski definition) is 8.